The van der Waals surface area contributed by atoms with Gasteiger partial charge in [0.15, 0.2) is 0 Å². The van der Waals surface area contributed by atoms with Crippen molar-refractivity contribution in [3.63, 3.8) is 0 Å². The van der Waals surface area contributed by atoms with Gasteiger partial charge in [0.1, 0.15) is 0 Å². The molecule has 0 aromatic heterocycles. The quantitative estimate of drug-likeness (QED) is 0.867. The third kappa shape index (κ3) is 2.86. The first kappa shape index (κ1) is 14.0. The summed E-state index contributed by atoms with van der Waals surface area (Å²) in [6.07, 6.45) is 13.4. The first-order chi connectivity index (χ1) is 10.2. The highest BCUT2D eigenvalue weighted by Crippen LogP contribution is 2.55. The van der Waals surface area contributed by atoms with Gasteiger partial charge in [-0.2, -0.15) is 0 Å². The molecule has 3 nitrogen and oxygen atoms in total. The highest BCUT2D eigenvalue weighted by atomic mass is 16.2. The van der Waals surface area contributed by atoms with E-state index >= 15 is 0 Å². The maximum Gasteiger partial charge on any atom is 0.236 e. The summed E-state index contributed by atoms with van der Waals surface area (Å²) < 4.78 is 0. The van der Waals surface area contributed by atoms with Crippen LogP contribution in [0, 0.1) is 17.8 Å². The van der Waals surface area contributed by atoms with Crippen molar-refractivity contribution in [2.24, 2.45) is 17.8 Å². The number of nitrogens with zero attached hydrogens (tertiary/aromatic N) is 1. The molecule has 4 saturated carbocycles. The lowest BCUT2D eigenvalue weighted by Gasteiger charge is -2.57. The zero-order valence-electron chi connectivity index (χ0n) is 13.3. The fraction of sp³-hybridized carbons (Fsp3) is 0.944. The van der Waals surface area contributed by atoms with Gasteiger partial charge in [-0.25, -0.2) is 0 Å². The molecule has 4 bridgehead atoms. The number of rotatable bonds is 3. The average Bonchev–Trinajstić information content (AvgIpc) is 2.72. The monoisotopic (exact) mass is 290 g/mol. The van der Waals surface area contributed by atoms with Gasteiger partial charge in [0.25, 0.3) is 0 Å². The summed E-state index contributed by atoms with van der Waals surface area (Å²) in [4.78, 5) is 14.6. The maximum absolute atomic E-state index is 12.5. The lowest BCUT2D eigenvalue weighted by Crippen LogP contribution is -2.60. The summed E-state index contributed by atoms with van der Waals surface area (Å²) in [5.74, 6) is 3.22. The molecule has 5 rings (SSSR count). The third-order valence-corrected chi connectivity index (χ3v) is 6.61. The van der Waals surface area contributed by atoms with E-state index < -0.39 is 0 Å². The molecule has 0 aromatic rings. The van der Waals surface area contributed by atoms with E-state index in [4.69, 9.17) is 0 Å². The van der Waals surface area contributed by atoms with Crippen molar-refractivity contribution in [3.8, 4) is 0 Å². The number of amides is 1. The number of hydrogen-bond donors (Lipinski definition) is 1. The van der Waals surface area contributed by atoms with Crippen molar-refractivity contribution in [1.82, 2.24) is 10.2 Å². The van der Waals surface area contributed by atoms with Crippen LogP contribution in [0.4, 0.5) is 0 Å². The average molecular weight is 290 g/mol. The predicted octanol–water partition coefficient (Wildman–Crippen LogP) is 2.95. The van der Waals surface area contributed by atoms with Crippen LogP contribution in [0.3, 0.4) is 0 Å². The van der Waals surface area contributed by atoms with Crippen LogP contribution in [0.25, 0.3) is 0 Å². The Hall–Kier alpha value is -0.570. The maximum atomic E-state index is 12.5. The first-order valence-corrected chi connectivity index (χ1v) is 9.25. The Morgan fingerprint density at radius 2 is 1.43 bits per heavy atom. The van der Waals surface area contributed by atoms with Crippen LogP contribution in [0.1, 0.15) is 64.2 Å². The van der Waals surface area contributed by atoms with Gasteiger partial charge < -0.3 is 10.2 Å². The van der Waals surface area contributed by atoms with E-state index in [9.17, 15) is 4.79 Å². The lowest BCUT2D eigenvalue weighted by molar-refractivity contribution is -0.131. The van der Waals surface area contributed by atoms with Gasteiger partial charge in [-0.1, -0.05) is 12.8 Å². The van der Waals surface area contributed by atoms with Crippen molar-refractivity contribution in [2.75, 3.05) is 19.6 Å². The molecule has 1 saturated heterocycles. The van der Waals surface area contributed by atoms with Crippen LogP contribution < -0.4 is 5.32 Å². The van der Waals surface area contributed by atoms with Gasteiger partial charge in [-0.05, 0) is 69.1 Å². The molecule has 3 heteroatoms. The van der Waals surface area contributed by atoms with Crippen molar-refractivity contribution in [3.05, 3.63) is 0 Å². The molecular formula is C18H30N2O. The molecule has 1 N–H and O–H groups in total. The number of hydrogen-bond acceptors (Lipinski definition) is 2. The second kappa shape index (κ2) is 5.57. The number of likely N-dealkylation sites (tertiary alicyclic amines) is 1. The van der Waals surface area contributed by atoms with E-state index in [0.717, 1.165) is 30.8 Å². The van der Waals surface area contributed by atoms with E-state index in [-0.39, 0.29) is 0 Å². The lowest BCUT2D eigenvalue weighted by atomic mass is 9.53. The Morgan fingerprint density at radius 1 is 0.905 bits per heavy atom. The molecule has 21 heavy (non-hydrogen) atoms. The molecule has 118 valence electrons. The van der Waals surface area contributed by atoms with E-state index in [1.165, 1.54) is 64.2 Å². The van der Waals surface area contributed by atoms with E-state index in [2.05, 4.69) is 10.2 Å². The Labute approximate surface area is 128 Å². The molecule has 0 spiro atoms. The minimum Gasteiger partial charge on any atom is -0.342 e. The van der Waals surface area contributed by atoms with Gasteiger partial charge in [0.2, 0.25) is 5.91 Å². The van der Waals surface area contributed by atoms with Crippen LogP contribution in [0.15, 0.2) is 0 Å². The second-order valence-corrected chi connectivity index (χ2v) is 8.35. The molecule has 5 fully saturated rings. The van der Waals surface area contributed by atoms with Crippen molar-refractivity contribution in [1.29, 1.82) is 0 Å². The molecule has 1 amide bonds. The van der Waals surface area contributed by atoms with Crippen LogP contribution in [0.2, 0.25) is 0 Å². The number of carbonyl (C=O) groups is 1. The van der Waals surface area contributed by atoms with Crippen LogP contribution >= 0.6 is 0 Å². The standard InChI is InChI=1S/C18H30N2O/c21-17(20-5-3-1-2-4-6-20)13-19-18-10-14-7-15(11-18)9-16(8-14)12-18/h14-16,19H,1-13H2. The highest BCUT2D eigenvalue weighted by Gasteiger charge is 2.50. The first-order valence-electron chi connectivity index (χ1n) is 9.25. The van der Waals surface area contributed by atoms with Gasteiger partial charge >= 0.3 is 0 Å². The Kier molecular flexibility index (Phi) is 3.72. The van der Waals surface area contributed by atoms with Crippen molar-refractivity contribution >= 4 is 5.91 Å². The highest BCUT2D eigenvalue weighted by molar-refractivity contribution is 5.78. The van der Waals surface area contributed by atoms with Crippen molar-refractivity contribution in [2.45, 2.75) is 69.7 Å². The predicted molar refractivity (Wildman–Crippen MR) is 84.0 cm³/mol. The van der Waals surface area contributed by atoms with Gasteiger partial charge in [-0.15, -0.1) is 0 Å². The minimum atomic E-state index is 0.330. The molecule has 1 heterocycles. The summed E-state index contributed by atoms with van der Waals surface area (Å²) in [5.41, 5.74) is 0.330. The molecular weight excluding hydrogens is 260 g/mol. The fourth-order valence-corrected chi connectivity index (χ4v) is 6.02. The molecule has 0 radical (unpaired) electrons. The van der Waals surface area contributed by atoms with Crippen LogP contribution in [-0.2, 0) is 4.79 Å². The summed E-state index contributed by atoms with van der Waals surface area (Å²) in [7, 11) is 0. The molecule has 0 unspecified atom stereocenters. The Bertz CT molecular complexity index is 363. The number of carbonyl (C=O) groups excluding carboxylic acids is 1. The summed E-state index contributed by atoms with van der Waals surface area (Å²) in [6.45, 7) is 2.56. The third-order valence-electron chi connectivity index (χ3n) is 6.61. The number of nitrogens with one attached hydrogen (secondary N) is 1. The largest absolute Gasteiger partial charge is 0.342 e. The molecule has 1 aliphatic heterocycles. The van der Waals surface area contributed by atoms with Gasteiger partial charge in [0.05, 0.1) is 6.54 Å². The summed E-state index contributed by atoms with van der Waals surface area (Å²) in [6, 6.07) is 0. The topological polar surface area (TPSA) is 32.3 Å². The van der Waals surface area contributed by atoms with E-state index in [1.54, 1.807) is 0 Å². The van der Waals surface area contributed by atoms with E-state index in [1.807, 2.05) is 0 Å². The Balaban J connectivity index is 1.34. The second-order valence-electron chi connectivity index (χ2n) is 8.35. The van der Waals surface area contributed by atoms with Crippen molar-refractivity contribution < 1.29 is 4.79 Å². The molecule has 5 aliphatic rings. The zero-order valence-corrected chi connectivity index (χ0v) is 13.3. The SMILES string of the molecule is O=C(CNC12CC3CC(CC(C3)C1)C2)N1CCCCCC1. The molecule has 0 aromatic carbocycles. The zero-order chi connectivity index (χ0) is 14.3. The van der Waals surface area contributed by atoms with Gasteiger partial charge in [0, 0.05) is 18.6 Å². The normalized spacial score (nSPS) is 42.1. The molecule has 4 aliphatic carbocycles. The van der Waals surface area contributed by atoms with E-state index in [0.29, 0.717) is 18.0 Å². The summed E-state index contributed by atoms with van der Waals surface area (Å²) in [5, 5.41) is 3.75. The Morgan fingerprint density at radius 3 is 1.95 bits per heavy atom. The summed E-state index contributed by atoms with van der Waals surface area (Å²) >= 11 is 0. The smallest absolute Gasteiger partial charge is 0.236 e. The van der Waals surface area contributed by atoms with Gasteiger partial charge in [-0.3, -0.25) is 4.79 Å². The fourth-order valence-electron chi connectivity index (χ4n) is 6.02. The van der Waals surface area contributed by atoms with Crippen LogP contribution in [-0.4, -0.2) is 36.0 Å². The minimum absolute atomic E-state index is 0.330. The van der Waals surface area contributed by atoms with Crippen LogP contribution in [0.5, 0.6) is 0 Å². The molecule has 0 atom stereocenters.